The van der Waals surface area contributed by atoms with E-state index in [-0.39, 0.29) is 5.91 Å². The fourth-order valence-corrected chi connectivity index (χ4v) is 3.57. The third-order valence-corrected chi connectivity index (χ3v) is 5.29. The van der Waals surface area contributed by atoms with Crippen molar-refractivity contribution in [2.24, 2.45) is 0 Å². The molecule has 33 heavy (non-hydrogen) atoms. The standard InChI is InChI=1S/C27H26N4O2/c1-2-18-33-26-11-7-6-10-24(26)19-30(17-16-22-8-4-3-5-9-22)27(32)23-12-14-25(15-13-23)31-21-28-20-29-31/h2-15,20-21H,1,16-19H2. The first-order chi connectivity index (χ1) is 16.2. The van der Waals surface area contributed by atoms with E-state index in [4.69, 9.17) is 4.74 Å². The first-order valence-electron chi connectivity index (χ1n) is 10.8. The van der Waals surface area contributed by atoms with Crippen molar-refractivity contribution in [1.29, 1.82) is 0 Å². The van der Waals surface area contributed by atoms with Crippen LogP contribution >= 0.6 is 0 Å². The molecule has 1 heterocycles. The van der Waals surface area contributed by atoms with Gasteiger partial charge in [0.1, 0.15) is 25.0 Å². The Kier molecular flexibility index (Phi) is 7.28. The average molecular weight is 439 g/mol. The molecule has 1 amide bonds. The van der Waals surface area contributed by atoms with Gasteiger partial charge in [-0.2, -0.15) is 5.10 Å². The Morgan fingerprint density at radius 3 is 2.48 bits per heavy atom. The molecule has 0 saturated heterocycles. The van der Waals surface area contributed by atoms with Crippen LogP contribution in [0.15, 0.2) is 104 Å². The smallest absolute Gasteiger partial charge is 0.254 e. The molecule has 0 fully saturated rings. The summed E-state index contributed by atoms with van der Waals surface area (Å²) in [7, 11) is 0. The molecule has 0 aliphatic rings. The van der Waals surface area contributed by atoms with Crippen LogP contribution in [0, 0.1) is 0 Å². The van der Waals surface area contributed by atoms with Crippen LogP contribution in [0.5, 0.6) is 5.75 Å². The lowest BCUT2D eigenvalue weighted by molar-refractivity contribution is 0.0744. The summed E-state index contributed by atoms with van der Waals surface area (Å²) in [6.45, 7) is 5.17. The van der Waals surface area contributed by atoms with Crippen LogP contribution in [0.1, 0.15) is 21.5 Å². The average Bonchev–Trinajstić information content (AvgIpc) is 3.41. The lowest BCUT2D eigenvalue weighted by Gasteiger charge is -2.24. The number of hydrogen-bond donors (Lipinski definition) is 0. The summed E-state index contributed by atoms with van der Waals surface area (Å²) in [5, 5.41) is 4.14. The molecule has 6 nitrogen and oxygen atoms in total. The Morgan fingerprint density at radius 1 is 1.00 bits per heavy atom. The largest absolute Gasteiger partial charge is 0.489 e. The van der Waals surface area contributed by atoms with E-state index in [9.17, 15) is 4.79 Å². The number of amides is 1. The topological polar surface area (TPSA) is 60.2 Å². The van der Waals surface area contributed by atoms with E-state index in [1.807, 2.05) is 71.6 Å². The van der Waals surface area contributed by atoms with Gasteiger partial charge in [0.2, 0.25) is 0 Å². The van der Waals surface area contributed by atoms with Gasteiger partial charge in [0.15, 0.2) is 0 Å². The molecule has 6 heteroatoms. The van der Waals surface area contributed by atoms with Crippen molar-refractivity contribution >= 4 is 5.91 Å². The third-order valence-electron chi connectivity index (χ3n) is 5.29. The molecule has 166 valence electrons. The van der Waals surface area contributed by atoms with Gasteiger partial charge in [0.05, 0.1) is 5.69 Å². The predicted octanol–water partition coefficient (Wildman–Crippen LogP) is 4.72. The van der Waals surface area contributed by atoms with Crippen molar-refractivity contribution in [2.45, 2.75) is 13.0 Å². The minimum Gasteiger partial charge on any atom is -0.489 e. The number of ether oxygens (including phenoxy) is 1. The number of para-hydroxylation sites is 1. The number of carbonyl (C=O) groups excluding carboxylic acids is 1. The molecule has 4 rings (SSSR count). The molecule has 0 aliphatic carbocycles. The Labute approximate surface area is 193 Å². The minimum atomic E-state index is -0.0328. The number of hydrogen-bond acceptors (Lipinski definition) is 4. The maximum atomic E-state index is 13.5. The van der Waals surface area contributed by atoms with Crippen LogP contribution in [0.4, 0.5) is 0 Å². The molecule has 0 unspecified atom stereocenters. The van der Waals surface area contributed by atoms with Gasteiger partial charge in [-0.3, -0.25) is 4.79 Å². The highest BCUT2D eigenvalue weighted by atomic mass is 16.5. The zero-order valence-electron chi connectivity index (χ0n) is 18.4. The highest BCUT2D eigenvalue weighted by molar-refractivity contribution is 5.94. The van der Waals surface area contributed by atoms with Gasteiger partial charge >= 0.3 is 0 Å². The van der Waals surface area contributed by atoms with Gasteiger partial charge in [-0.1, -0.05) is 61.2 Å². The van der Waals surface area contributed by atoms with E-state index in [1.165, 1.54) is 11.9 Å². The Balaban J connectivity index is 1.56. The van der Waals surface area contributed by atoms with Gasteiger partial charge < -0.3 is 9.64 Å². The van der Waals surface area contributed by atoms with Gasteiger partial charge in [-0.05, 0) is 42.3 Å². The van der Waals surface area contributed by atoms with Crippen molar-refractivity contribution < 1.29 is 9.53 Å². The Bertz CT molecular complexity index is 1170. The highest BCUT2D eigenvalue weighted by Crippen LogP contribution is 2.22. The van der Waals surface area contributed by atoms with E-state index < -0.39 is 0 Å². The molecule has 0 saturated carbocycles. The van der Waals surface area contributed by atoms with E-state index in [0.29, 0.717) is 25.3 Å². The summed E-state index contributed by atoms with van der Waals surface area (Å²) in [5.74, 6) is 0.728. The van der Waals surface area contributed by atoms with Gasteiger partial charge in [0.25, 0.3) is 5.91 Å². The SMILES string of the molecule is C=CCOc1ccccc1CN(CCc1ccccc1)C(=O)c1ccc(-n2cncn2)cc1. The third kappa shape index (κ3) is 5.74. The fourth-order valence-electron chi connectivity index (χ4n) is 3.57. The molecule has 4 aromatic rings. The van der Waals surface area contributed by atoms with Gasteiger partial charge in [-0.25, -0.2) is 9.67 Å². The normalized spacial score (nSPS) is 10.5. The lowest BCUT2D eigenvalue weighted by atomic mass is 10.1. The molecule has 0 radical (unpaired) electrons. The molecule has 0 bridgehead atoms. The maximum Gasteiger partial charge on any atom is 0.254 e. The zero-order chi connectivity index (χ0) is 22.9. The molecule has 0 spiro atoms. The van der Waals surface area contributed by atoms with Crippen LogP contribution < -0.4 is 4.74 Å². The quantitative estimate of drug-likeness (QED) is 0.336. The fraction of sp³-hybridized carbons (Fsp3) is 0.148. The van der Waals surface area contributed by atoms with E-state index in [1.54, 1.807) is 17.1 Å². The van der Waals surface area contributed by atoms with Crippen LogP contribution in [0.25, 0.3) is 5.69 Å². The number of carbonyl (C=O) groups is 1. The van der Waals surface area contributed by atoms with Crippen LogP contribution in [-0.2, 0) is 13.0 Å². The lowest BCUT2D eigenvalue weighted by Crippen LogP contribution is -2.32. The van der Waals surface area contributed by atoms with Crippen molar-refractivity contribution in [3.8, 4) is 11.4 Å². The Hall–Kier alpha value is -4.19. The molecule has 0 aliphatic heterocycles. The number of nitrogens with zero attached hydrogens (tertiary/aromatic N) is 4. The zero-order valence-corrected chi connectivity index (χ0v) is 18.4. The Morgan fingerprint density at radius 2 is 1.76 bits per heavy atom. The summed E-state index contributed by atoms with van der Waals surface area (Å²) in [6.07, 6.45) is 5.59. The molecule has 0 N–H and O–H groups in total. The molecule has 1 aromatic heterocycles. The van der Waals surface area contributed by atoms with Crippen LogP contribution in [-0.4, -0.2) is 38.7 Å². The summed E-state index contributed by atoms with van der Waals surface area (Å²) in [5.41, 5.74) is 3.62. The number of aromatic nitrogens is 3. The van der Waals surface area contributed by atoms with Crippen LogP contribution in [0.2, 0.25) is 0 Å². The molecule has 3 aromatic carbocycles. The predicted molar refractivity (Wildman–Crippen MR) is 128 cm³/mol. The van der Waals surface area contributed by atoms with E-state index >= 15 is 0 Å². The van der Waals surface area contributed by atoms with Crippen LogP contribution in [0.3, 0.4) is 0 Å². The maximum absolute atomic E-state index is 13.5. The van der Waals surface area contributed by atoms with Crippen molar-refractivity contribution in [1.82, 2.24) is 19.7 Å². The van der Waals surface area contributed by atoms with E-state index in [0.717, 1.165) is 23.4 Å². The number of rotatable bonds is 10. The first kappa shape index (κ1) is 22.0. The second kappa shape index (κ2) is 10.9. The van der Waals surface area contributed by atoms with Gasteiger partial charge in [0, 0.05) is 24.2 Å². The molecule has 0 atom stereocenters. The summed E-state index contributed by atoms with van der Waals surface area (Å²) < 4.78 is 7.48. The summed E-state index contributed by atoms with van der Waals surface area (Å²) in [4.78, 5) is 19.4. The summed E-state index contributed by atoms with van der Waals surface area (Å²) in [6, 6.07) is 25.4. The van der Waals surface area contributed by atoms with Gasteiger partial charge in [-0.15, -0.1) is 0 Å². The van der Waals surface area contributed by atoms with Crippen molar-refractivity contribution in [3.05, 3.63) is 121 Å². The minimum absolute atomic E-state index is 0.0328. The monoisotopic (exact) mass is 438 g/mol. The first-order valence-corrected chi connectivity index (χ1v) is 10.8. The number of benzene rings is 3. The second-order valence-electron chi connectivity index (χ2n) is 7.56. The highest BCUT2D eigenvalue weighted by Gasteiger charge is 2.18. The van der Waals surface area contributed by atoms with Crippen molar-refractivity contribution in [2.75, 3.05) is 13.2 Å². The van der Waals surface area contributed by atoms with Crippen molar-refractivity contribution in [3.63, 3.8) is 0 Å². The van der Waals surface area contributed by atoms with E-state index in [2.05, 4.69) is 28.8 Å². The molecular formula is C27H26N4O2. The molecular weight excluding hydrogens is 412 g/mol. The second-order valence-corrected chi connectivity index (χ2v) is 7.56. The summed E-state index contributed by atoms with van der Waals surface area (Å²) >= 11 is 0.